The Morgan fingerprint density at radius 2 is 1.93 bits per heavy atom. The van der Waals surface area contributed by atoms with Gasteiger partial charge in [0.2, 0.25) is 0 Å². The van der Waals surface area contributed by atoms with Crippen LogP contribution in [0.15, 0.2) is 41.5 Å². The molecular formula is C24H30FN3O. The van der Waals surface area contributed by atoms with Crippen molar-refractivity contribution in [3.8, 4) is 0 Å². The van der Waals surface area contributed by atoms with Crippen molar-refractivity contribution < 1.29 is 9.18 Å². The van der Waals surface area contributed by atoms with Crippen molar-refractivity contribution in [3.63, 3.8) is 0 Å². The molecule has 0 saturated carbocycles. The summed E-state index contributed by atoms with van der Waals surface area (Å²) < 4.78 is 13.0. The third-order valence-corrected chi connectivity index (χ3v) is 5.66. The predicted octanol–water partition coefficient (Wildman–Crippen LogP) is 5.40. The van der Waals surface area contributed by atoms with Crippen LogP contribution in [0.1, 0.15) is 74.0 Å². The fourth-order valence-electron chi connectivity index (χ4n) is 4.56. The zero-order chi connectivity index (χ0) is 21.3. The summed E-state index contributed by atoms with van der Waals surface area (Å²) in [6, 6.07) is 10.2. The van der Waals surface area contributed by atoms with Crippen molar-refractivity contribution in [1.82, 2.24) is 5.43 Å². The molecule has 154 valence electrons. The number of carbonyl (C=O) groups excluding carboxylic acids is 1. The summed E-state index contributed by atoms with van der Waals surface area (Å²) in [6.45, 7) is 13.4. The number of nitrogens with zero attached hydrogens (tertiary/aromatic N) is 2. The lowest BCUT2D eigenvalue weighted by molar-refractivity contribution is 0.0955. The Morgan fingerprint density at radius 3 is 2.55 bits per heavy atom. The molecule has 1 heterocycles. The van der Waals surface area contributed by atoms with Gasteiger partial charge in [-0.05, 0) is 100 Å². The molecule has 0 fully saturated rings. The first-order chi connectivity index (χ1) is 13.6. The number of benzene rings is 2. The minimum Gasteiger partial charge on any atom is -0.364 e. The van der Waals surface area contributed by atoms with Gasteiger partial charge in [-0.1, -0.05) is 6.92 Å². The van der Waals surface area contributed by atoms with Crippen LogP contribution in [-0.4, -0.2) is 23.7 Å². The molecule has 4 nitrogen and oxygen atoms in total. The van der Waals surface area contributed by atoms with E-state index in [2.05, 4.69) is 69.1 Å². The average Bonchev–Trinajstić information content (AvgIpc) is 2.62. The van der Waals surface area contributed by atoms with Crippen LogP contribution in [-0.2, 0) is 0 Å². The zero-order valence-corrected chi connectivity index (χ0v) is 18.1. The van der Waals surface area contributed by atoms with Gasteiger partial charge in [0.25, 0.3) is 5.91 Å². The number of amides is 1. The molecule has 1 atom stereocenters. The molecule has 0 aromatic heterocycles. The molecule has 3 rings (SSSR count). The van der Waals surface area contributed by atoms with E-state index >= 15 is 0 Å². The number of nitrogens with one attached hydrogen (secondary N) is 1. The summed E-state index contributed by atoms with van der Waals surface area (Å²) in [6.07, 6.45) is 2.77. The molecule has 1 N–H and O–H groups in total. The van der Waals surface area contributed by atoms with Crippen molar-refractivity contribution in [1.29, 1.82) is 0 Å². The van der Waals surface area contributed by atoms with Crippen LogP contribution in [0.2, 0.25) is 0 Å². The molecule has 2 aromatic carbocycles. The summed E-state index contributed by atoms with van der Waals surface area (Å²) >= 11 is 0. The summed E-state index contributed by atoms with van der Waals surface area (Å²) in [5.74, 6) is -0.294. The zero-order valence-electron chi connectivity index (χ0n) is 18.1. The van der Waals surface area contributed by atoms with Gasteiger partial charge in [0.05, 0.1) is 6.21 Å². The molecule has 0 aliphatic carbocycles. The van der Waals surface area contributed by atoms with Crippen LogP contribution in [0, 0.1) is 12.7 Å². The number of hydrogen-bond acceptors (Lipinski definition) is 3. The Morgan fingerprint density at radius 1 is 1.28 bits per heavy atom. The van der Waals surface area contributed by atoms with E-state index in [0.29, 0.717) is 17.5 Å². The smallest absolute Gasteiger partial charge is 0.271 e. The summed E-state index contributed by atoms with van der Waals surface area (Å²) in [4.78, 5) is 14.7. The molecule has 5 heteroatoms. The maximum absolute atomic E-state index is 13.0. The van der Waals surface area contributed by atoms with Crippen LogP contribution in [0.3, 0.4) is 0 Å². The number of hydrazone groups is 1. The first kappa shape index (κ1) is 21.0. The van der Waals surface area contributed by atoms with Gasteiger partial charge in [-0.15, -0.1) is 0 Å². The van der Waals surface area contributed by atoms with E-state index in [1.165, 1.54) is 35.5 Å². The first-order valence-electron chi connectivity index (χ1n) is 10.1. The standard InChI is InChI=1S/C24H30FN3O/c1-15(2)28-22-11-16(3)19(12-21(22)17(4)13-24(28,5)6)14-26-27-23(29)18-7-9-20(25)10-8-18/h7-12,14-15,17H,13H2,1-6H3,(H,27,29)/b26-14-/t17-/m1/s1. The van der Waals surface area contributed by atoms with Crippen molar-refractivity contribution in [3.05, 3.63) is 64.5 Å². The third-order valence-electron chi connectivity index (χ3n) is 5.66. The van der Waals surface area contributed by atoms with E-state index in [1.807, 2.05) is 0 Å². The van der Waals surface area contributed by atoms with Gasteiger partial charge in [0, 0.05) is 22.8 Å². The highest BCUT2D eigenvalue weighted by Gasteiger charge is 2.37. The number of fused-ring (bicyclic) bond motifs is 1. The van der Waals surface area contributed by atoms with Crippen molar-refractivity contribution in [2.24, 2.45) is 5.10 Å². The SMILES string of the molecule is Cc1cc2c(cc1/C=N\NC(=O)c1ccc(F)cc1)[C@H](C)CC(C)(C)N2C(C)C. The van der Waals surface area contributed by atoms with Gasteiger partial charge in [-0.25, -0.2) is 9.82 Å². The molecule has 1 amide bonds. The highest BCUT2D eigenvalue weighted by atomic mass is 19.1. The third kappa shape index (κ3) is 4.34. The molecule has 29 heavy (non-hydrogen) atoms. The van der Waals surface area contributed by atoms with Crippen LogP contribution in [0.4, 0.5) is 10.1 Å². The molecule has 0 bridgehead atoms. The highest BCUT2D eigenvalue weighted by Crippen LogP contribution is 2.45. The number of halogens is 1. The number of anilines is 1. The predicted molar refractivity (Wildman–Crippen MR) is 117 cm³/mol. The van der Waals surface area contributed by atoms with E-state index in [9.17, 15) is 9.18 Å². The molecular weight excluding hydrogens is 365 g/mol. The van der Waals surface area contributed by atoms with Crippen molar-refractivity contribution >= 4 is 17.8 Å². The topological polar surface area (TPSA) is 44.7 Å². The van der Waals surface area contributed by atoms with Crippen LogP contribution in [0.5, 0.6) is 0 Å². The van der Waals surface area contributed by atoms with Gasteiger partial charge < -0.3 is 4.90 Å². The Labute approximate surface area is 172 Å². The maximum atomic E-state index is 13.0. The minimum atomic E-state index is -0.373. The highest BCUT2D eigenvalue weighted by molar-refractivity contribution is 5.95. The Balaban J connectivity index is 1.85. The number of rotatable bonds is 4. The number of hydrogen-bond donors (Lipinski definition) is 1. The molecule has 0 saturated heterocycles. The Bertz CT molecular complexity index is 932. The fraction of sp³-hybridized carbons (Fsp3) is 0.417. The van der Waals surface area contributed by atoms with E-state index < -0.39 is 0 Å². The van der Waals surface area contributed by atoms with Crippen LogP contribution < -0.4 is 10.3 Å². The van der Waals surface area contributed by atoms with E-state index in [0.717, 1.165) is 17.5 Å². The normalized spacial score (nSPS) is 18.2. The lowest BCUT2D eigenvalue weighted by atomic mass is 9.78. The molecule has 0 spiro atoms. The Hall–Kier alpha value is -2.69. The molecule has 2 aromatic rings. The second kappa shape index (κ2) is 7.97. The number of carbonyl (C=O) groups is 1. The lowest BCUT2D eigenvalue weighted by Crippen LogP contribution is -2.51. The first-order valence-corrected chi connectivity index (χ1v) is 10.1. The van der Waals surface area contributed by atoms with Gasteiger partial charge >= 0.3 is 0 Å². The van der Waals surface area contributed by atoms with Crippen molar-refractivity contribution in [2.45, 2.75) is 65.5 Å². The molecule has 0 unspecified atom stereocenters. The van der Waals surface area contributed by atoms with Crippen molar-refractivity contribution in [2.75, 3.05) is 4.90 Å². The van der Waals surface area contributed by atoms with Crippen LogP contribution in [0.25, 0.3) is 0 Å². The molecule has 1 aliphatic heterocycles. The maximum Gasteiger partial charge on any atom is 0.271 e. The fourth-order valence-corrected chi connectivity index (χ4v) is 4.56. The summed E-state index contributed by atoms with van der Waals surface area (Å²) in [7, 11) is 0. The van der Waals surface area contributed by atoms with Gasteiger partial charge in [0.15, 0.2) is 0 Å². The van der Waals surface area contributed by atoms with E-state index in [1.54, 1.807) is 6.21 Å². The van der Waals surface area contributed by atoms with E-state index in [-0.39, 0.29) is 17.3 Å². The lowest BCUT2D eigenvalue weighted by Gasteiger charge is -2.50. The quantitative estimate of drug-likeness (QED) is 0.556. The monoisotopic (exact) mass is 395 g/mol. The minimum absolute atomic E-state index is 0.103. The van der Waals surface area contributed by atoms with E-state index in [4.69, 9.17) is 0 Å². The second-order valence-corrected chi connectivity index (χ2v) is 8.85. The largest absolute Gasteiger partial charge is 0.364 e. The number of aryl methyl sites for hydroxylation is 1. The summed E-state index contributed by atoms with van der Waals surface area (Å²) in [5, 5.41) is 4.13. The van der Waals surface area contributed by atoms with Gasteiger partial charge in [-0.3, -0.25) is 4.79 Å². The molecule has 1 aliphatic rings. The Kier molecular flexibility index (Phi) is 5.78. The van der Waals surface area contributed by atoms with Gasteiger partial charge in [0.1, 0.15) is 5.82 Å². The summed E-state index contributed by atoms with van der Waals surface area (Å²) in [5.41, 5.74) is 7.69. The molecule has 0 radical (unpaired) electrons. The average molecular weight is 396 g/mol. The second-order valence-electron chi connectivity index (χ2n) is 8.85. The van der Waals surface area contributed by atoms with Crippen LogP contribution >= 0.6 is 0 Å². The van der Waals surface area contributed by atoms with Gasteiger partial charge in [-0.2, -0.15) is 5.10 Å².